The van der Waals surface area contributed by atoms with Crippen LogP contribution in [0.4, 0.5) is 0 Å². The summed E-state index contributed by atoms with van der Waals surface area (Å²) >= 11 is 0. The van der Waals surface area contributed by atoms with Gasteiger partial charge in [0.2, 0.25) is 33.7 Å². The Labute approximate surface area is 432 Å². The van der Waals surface area contributed by atoms with Crippen molar-refractivity contribution in [3.8, 4) is 5.75 Å². The fourth-order valence-corrected chi connectivity index (χ4v) is 10.5. The highest BCUT2D eigenvalue weighted by atomic mass is 32.2. The second kappa shape index (κ2) is 26.9. The molecule has 2 fully saturated rings. The highest BCUT2D eigenvalue weighted by Crippen LogP contribution is 2.27. The number of rotatable bonds is 16. The zero-order valence-electron chi connectivity index (χ0n) is 44.8. The zero-order chi connectivity index (χ0) is 54.5. The number of likely N-dealkylation sites (N-methyl/N-ethyl adjacent to an activating group) is 2. The van der Waals surface area contributed by atoms with Crippen molar-refractivity contribution in [3.05, 3.63) is 72.3 Å². The molecule has 0 spiro atoms. The molecule has 0 radical (unpaired) electrons. The van der Waals surface area contributed by atoms with Gasteiger partial charge in [0.1, 0.15) is 42.1 Å². The molecular weight excluding hydrogens is 957 g/mol. The third-order valence-electron chi connectivity index (χ3n) is 13.8. The highest BCUT2D eigenvalue weighted by molar-refractivity contribution is 7.89. The van der Waals surface area contributed by atoms with E-state index in [0.29, 0.717) is 24.2 Å². The molecule has 19 heteroatoms. The van der Waals surface area contributed by atoms with Crippen molar-refractivity contribution < 1.29 is 56.2 Å². The van der Waals surface area contributed by atoms with E-state index in [1.54, 1.807) is 50.2 Å². The molecule has 2 aliphatic heterocycles. The van der Waals surface area contributed by atoms with E-state index in [2.05, 4.69) is 22.5 Å². The Morgan fingerprint density at radius 3 is 2.11 bits per heavy atom. The van der Waals surface area contributed by atoms with Crippen molar-refractivity contribution in [2.24, 2.45) is 23.7 Å². The Balaban J connectivity index is 1.89. The molecule has 2 heterocycles. The second-order valence-corrected chi connectivity index (χ2v) is 22.7. The SMILES string of the molecule is C=C[C@H]1OC(=O)[C@H](Cc2ccc(OC)cc2)N(C)C(=O)[C@@H]2CCCN2C(=O)[C@H](CC(C)C)NC(=O)[C@H](C(C)C)OC(=O)CC[C@@H]([C@@H](C)CC)NC(=O)[C@H]1NC(=O)[C@@H](CC(C)C)N(C)S(=O)(=O)c1ccc(C)cc1. The average molecular weight is 1040 g/mol. The van der Waals surface area contributed by atoms with Gasteiger partial charge in [0, 0.05) is 39.5 Å². The number of carbonyl (C=O) groups is 7. The van der Waals surface area contributed by atoms with E-state index in [4.69, 9.17) is 14.2 Å². The van der Waals surface area contributed by atoms with Gasteiger partial charge < -0.3 is 40.0 Å². The van der Waals surface area contributed by atoms with Crippen molar-refractivity contribution in [2.45, 2.75) is 167 Å². The molecule has 0 aromatic heterocycles. The number of benzene rings is 2. The van der Waals surface area contributed by atoms with Gasteiger partial charge in [-0.2, -0.15) is 4.31 Å². The predicted molar refractivity (Wildman–Crippen MR) is 276 cm³/mol. The van der Waals surface area contributed by atoms with E-state index in [-0.39, 0.29) is 67.7 Å². The highest BCUT2D eigenvalue weighted by Gasteiger charge is 2.44. The predicted octanol–water partition coefficient (Wildman–Crippen LogP) is 5.11. The topological polar surface area (TPSA) is 227 Å². The van der Waals surface area contributed by atoms with Crippen LogP contribution in [0.15, 0.2) is 66.1 Å². The number of nitrogens with zero attached hydrogens (tertiary/aromatic N) is 3. The Hall–Kier alpha value is -5.82. The first-order chi connectivity index (χ1) is 34.3. The maximum atomic E-state index is 14.9. The molecule has 0 aliphatic carbocycles. The Morgan fingerprint density at radius 1 is 0.904 bits per heavy atom. The van der Waals surface area contributed by atoms with Crippen LogP contribution < -0.4 is 20.7 Å². The molecule has 0 unspecified atom stereocenters. The molecule has 9 atom stereocenters. The number of esters is 2. The first-order valence-electron chi connectivity index (χ1n) is 25.5. The summed E-state index contributed by atoms with van der Waals surface area (Å²) in [6.45, 7) is 20.5. The van der Waals surface area contributed by atoms with Crippen LogP contribution in [-0.4, -0.2) is 140 Å². The molecule has 0 saturated carbocycles. The fourth-order valence-electron chi connectivity index (χ4n) is 9.13. The number of ether oxygens (including phenoxy) is 3. The van der Waals surface area contributed by atoms with Gasteiger partial charge in [0.15, 0.2) is 6.10 Å². The monoisotopic (exact) mass is 1040 g/mol. The van der Waals surface area contributed by atoms with E-state index in [1.165, 1.54) is 49.2 Å². The number of cyclic esters (lactones) is 2. The fraction of sp³-hybridized carbons (Fsp3) is 0.611. The number of sulfonamides is 1. The first kappa shape index (κ1) is 59.7. The Bertz CT molecular complexity index is 2360. The van der Waals surface area contributed by atoms with Crippen molar-refractivity contribution in [3.63, 3.8) is 0 Å². The molecule has 18 nitrogen and oxygen atoms in total. The standard InChI is InChI=1S/C54H80N6O12S/c1-14-36(10)40-26-27-46(61)72-48(34(7)8)51(64)56-41(29-32(3)4)52(65)60-28-16-17-42(60)53(66)58(11)44(31-37-20-22-38(70-13)23-21-37)54(67)71-45(15-2)47(50(63)55-40)57-49(62)43(30-33(5)6)59(12)73(68,69)39-24-18-35(9)19-25-39/h15,18-25,32-34,36,40-45,47-48H,2,14,16-17,26-31H2,1,3-13H3,(H,55,63)(H,56,64)(H,57,62)/t36-,40-,41-,42-,43+,44-,45+,47-,48-/m0/s1. The minimum absolute atomic E-state index is 0.0282. The van der Waals surface area contributed by atoms with Crippen molar-refractivity contribution in [1.29, 1.82) is 0 Å². The lowest BCUT2D eigenvalue weighted by Gasteiger charge is -2.35. The van der Waals surface area contributed by atoms with Gasteiger partial charge >= 0.3 is 11.9 Å². The lowest BCUT2D eigenvalue weighted by Crippen LogP contribution is -2.60. The summed E-state index contributed by atoms with van der Waals surface area (Å²) in [5.41, 5.74) is 1.43. The normalized spacial score (nSPS) is 24.3. The molecule has 73 heavy (non-hydrogen) atoms. The van der Waals surface area contributed by atoms with E-state index in [0.717, 1.165) is 9.87 Å². The lowest BCUT2D eigenvalue weighted by atomic mass is 9.94. The van der Waals surface area contributed by atoms with Crippen LogP contribution >= 0.6 is 0 Å². The maximum Gasteiger partial charge on any atom is 0.329 e. The van der Waals surface area contributed by atoms with E-state index >= 15 is 0 Å². The molecule has 5 amide bonds. The second-order valence-electron chi connectivity index (χ2n) is 20.7. The number of carbonyl (C=O) groups excluding carboxylic acids is 7. The number of methoxy groups -OCH3 is 1. The summed E-state index contributed by atoms with van der Waals surface area (Å²) in [6.07, 6.45) is -0.557. The van der Waals surface area contributed by atoms with Crippen molar-refractivity contribution in [1.82, 2.24) is 30.1 Å². The molecule has 2 aliphatic rings. The number of nitrogens with one attached hydrogen (secondary N) is 3. The third-order valence-corrected chi connectivity index (χ3v) is 15.7. The Morgan fingerprint density at radius 2 is 1.55 bits per heavy atom. The molecule has 2 aromatic rings. The quantitative estimate of drug-likeness (QED) is 0.147. The summed E-state index contributed by atoms with van der Waals surface area (Å²) in [5, 5.41) is 8.54. The number of fused-ring (bicyclic) bond motifs is 1. The average Bonchev–Trinajstić information content (AvgIpc) is 3.84. The number of hydrogen-bond donors (Lipinski definition) is 3. The van der Waals surface area contributed by atoms with E-state index < -0.39 is 106 Å². The van der Waals surface area contributed by atoms with Gasteiger partial charge in [-0.05, 0) is 98.6 Å². The largest absolute Gasteiger partial charge is 0.497 e. The molecular formula is C54H80N6O12S. The van der Waals surface area contributed by atoms with E-state index in [1.807, 2.05) is 48.5 Å². The Kier molecular flexibility index (Phi) is 22.0. The summed E-state index contributed by atoms with van der Waals surface area (Å²) in [5.74, 6) is -5.70. The third kappa shape index (κ3) is 15.8. The minimum atomic E-state index is -4.27. The lowest BCUT2D eigenvalue weighted by molar-refractivity contribution is -0.161. The van der Waals surface area contributed by atoms with Crippen molar-refractivity contribution >= 4 is 51.5 Å². The van der Waals surface area contributed by atoms with Crippen LogP contribution in [0, 0.1) is 30.6 Å². The van der Waals surface area contributed by atoms with Crippen LogP contribution in [0.2, 0.25) is 0 Å². The molecule has 4 rings (SSSR count). The van der Waals surface area contributed by atoms with Gasteiger partial charge in [-0.25, -0.2) is 13.2 Å². The first-order valence-corrected chi connectivity index (χ1v) is 27.0. The summed E-state index contributed by atoms with van der Waals surface area (Å²) in [4.78, 5) is 104. The van der Waals surface area contributed by atoms with Crippen LogP contribution in [0.5, 0.6) is 5.75 Å². The van der Waals surface area contributed by atoms with Crippen molar-refractivity contribution in [2.75, 3.05) is 27.7 Å². The van der Waals surface area contributed by atoms with Gasteiger partial charge in [0.25, 0.3) is 5.91 Å². The van der Waals surface area contributed by atoms with Crippen LogP contribution in [0.25, 0.3) is 0 Å². The minimum Gasteiger partial charge on any atom is -0.497 e. The molecule has 404 valence electrons. The summed E-state index contributed by atoms with van der Waals surface area (Å²) in [7, 11) is -0.0506. The summed E-state index contributed by atoms with van der Waals surface area (Å²) in [6, 6.07) is 5.69. The van der Waals surface area contributed by atoms with Gasteiger partial charge in [0.05, 0.1) is 12.0 Å². The molecule has 2 saturated heterocycles. The van der Waals surface area contributed by atoms with Crippen LogP contribution in [-0.2, 0) is 59.5 Å². The molecule has 3 N–H and O–H groups in total. The van der Waals surface area contributed by atoms with Gasteiger partial charge in [-0.15, -0.1) is 0 Å². The number of hydrogen-bond acceptors (Lipinski definition) is 12. The van der Waals surface area contributed by atoms with Crippen LogP contribution in [0.1, 0.15) is 111 Å². The summed E-state index contributed by atoms with van der Waals surface area (Å²) < 4.78 is 46.5. The van der Waals surface area contributed by atoms with Crippen LogP contribution in [0.3, 0.4) is 0 Å². The molecule has 2 aromatic carbocycles. The van der Waals surface area contributed by atoms with Gasteiger partial charge in [-0.3, -0.25) is 28.8 Å². The van der Waals surface area contributed by atoms with E-state index in [9.17, 15) is 42.0 Å². The number of amides is 5. The number of aryl methyl sites for hydroxylation is 1. The maximum absolute atomic E-state index is 14.9. The zero-order valence-corrected chi connectivity index (χ0v) is 45.7. The molecule has 0 bridgehead atoms. The van der Waals surface area contributed by atoms with Gasteiger partial charge in [-0.1, -0.05) is 98.2 Å². The smallest absolute Gasteiger partial charge is 0.329 e.